The van der Waals surface area contributed by atoms with Crippen LogP contribution < -0.4 is 10.6 Å². The van der Waals surface area contributed by atoms with Crippen LogP contribution in [-0.2, 0) is 14.1 Å². The molecule has 0 saturated carbocycles. The number of aromatic nitrogens is 2. The lowest BCUT2D eigenvalue weighted by molar-refractivity contribution is 0.0988. The number of nitrogens with zero attached hydrogens (tertiary/aromatic N) is 3. The third-order valence-electron chi connectivity index (χ3n) is 4.39. The van der Waals surface area contributed by atoms with Gasteiger partial charge >= 0.3 is 5.69 Å². The Morgan fingerprint density at radius 3 is 2.42 bits per heavy atom. The summed E-state index contributed by atoms with van der Waals surface area (Å²) in [5.41, 5.74) is 4.04. The maximum absolute atomic E-state index is 13.0. The molecule has 3 rings (SSSR count). The van der Waals surface area contributed by atoms with Crippen molar-refractivity contribution in [3.8, 4) is 0 Å². The molecule has 1 amide bonds. The van der Waals surface area contributed by atoms with Gasteiger partial charge in [-0.2, -0.15) is 0 Å². The fraction of sp³-hybridized carbons (Fsp3) is 0.263. The number of amides is 1. The Morgan fingerprint density at radius 2 is 1.75 bits per heavy atom. The van der Waals surface area contributed by atoms with Crippen LogP contribution in [0.2, 0.25) is 0 Å². The van der Waals surface area contributed by atoms with Gasteiger partial charge in [0.15, 0.2) is 0 Å². The van der Waals surface area contributed by atoms with E-state index in [2.05, 4.69) is 0 Å². The monoisotopic (exact) mass is 323 g/mol. The maximum atomic E-state index is 13.0. The van der Waals surface area contributed by atoms with Gasteiger partial charge in [0.1, 0.15) is 0 Å². The van der Waals surface area contributed by atoms with E-state index in [1.54, 1.807) is 40.3 Å². The fourth-order valence-corrected chi connectivity index (χ4v) is 3.03. The number of hydrogen-bond acceptors (Lipinski definition) is 2. The number of anilines is 1. The molecule has 0 aliphatic heterocycles. The molecule has 5 heteroatoms. The topological polar surface area (TPSA) is 47.2 Å². The molecule has 124 valence electrons. The lowest BCUT2D eigenvalue weighted by atomic mass is 10.1. The summed E-state index contributed by atoms with van der Waals surface area (Å²) < 4.78 is 3.15. The molecule has 5 nitrogen and oxygen atoms in total. The lowest BCUT2D eigenvalue weighted by Gasteiger charge is -2.21. The van der Waals surface area contributed by atoms with Crippen molar-refractivity contribution in [1.29, 1.82) is 0 Å². The summed E-state index contributed by atoms with van der Waals surface area (Å²) in [6.07, 6.45) is 0. The van der Waals surface area contributed by atoms with Crippen LogP contribution >= 0.6 is 0 Å². The van der Waals surface area contributed by atoms with Crippen LogP contribution in [0.25, 0.3) is 11.0 Å². The van der Waals surface area contributed by atoms with E-state index < -0.39 is 0 Å². The highest BCUT2D eigenvalue weighted by atomic mass is 16.2. The average Bonchev–Trinajstić information content (AvgIpc) is 2.80. The molecule has 0 radical (unpaired) electrons. The van der Waals surface area contributed by atoms with Gasteiger partial charge in [-0.3, -0.25) is 13.9 Å². The molecule has 2 aromatic carbocycles. The molecular weight excluding hydrogens is 302 g/mol. The van der Waals surface area contributed by atoms with Crippen LogP contribution in [0.15, 0.2) is 47.3 Å². The zero-order valence-electron chi connectivity index (χ0n) is 14.4. The molecule has 0 aliphatic carbocycles. The summed E-state index contributed by atoms with van der Waals surface area (Å²) in [4.78, 5) is 26.8. The fourth-order valence-electron chi connectivity index (χ4n) is 3.03. The molecule has 1 heterocycles. The molecule has 24 heavy (non-hydrogen) atoms. The van der Waals surface area contributed by atoms with Gasteiger partial charge in [-0.25, -0.2) is 4.79 Å². The van der Waals surface area contributed by atoms with E-state index in [0.29, 0.717) is 12.1 Å². The van der Waals surface area contributed by atoms with Crippen LogP contribution in [0.4, 0.5) is 5.69 Å². The standard InChI is InChI=1S/C19H21N3O2/c1-5-22(15-8-6-7-13(2)11-15)18(23)14-9-10-16-17(12-14)21(4)19(24)20(16)3/h6-12H,5H2,1-4H3. The number of carbonyl (C=O) groups is 1. The third kappa shape index (κ3) is 2.52. The Bertz CT molecular complexity index is 982. The van der Waals surface area contributed by atoms with Gasteiger partial charge in [-0.15, -0.1) is 0 Å². The number of rotatable bonds is 3. The average molecular weight is 323 g/mol. The highest BCUT2D eigenvalue weighted by Crippen LogP contribution is 2.21. The number of hydrogen-bond donors (Lipinski definition) is 0. The minimum absolute atomic E-state index is 0.0682. The first-order valence-corrected chi connectivity index (χ1v) is 7.98. The van der Waals surface area contributed by atoms with Gasteiger partial charge in [0.05, 0.1) is 11.0 Å². The Hall–Kier alpha value is -2.82. The molecule has 0 unspecified atom stereocenters. The molecule has 0 aliphatic rings. The summed E-state index contributed by atoms with van der Waals surface area (Å²) in [6.45, 7) is 4.54. The van der Waals surface area contributed by atoms with Crippen molar-refractivity contribution in [1.82, 2.24) is 9.13 Å². The first kappa shape index (κ1) is 16.1. The molecule has 0 saturated heterocycles. The molecule has 0 bridgehead atoms. The number of fused-ring (bicyclic) bond motifs is 1. The largest absolute Gasteiger partial charge is 0.328 e. The van der Waals surface area contributed by atoms with E-state index in [0.717, 1.165) is 22.3 Å². The van der Waals surface area contributed by atoms with E-state index >= 15 is 0 Å². The maximum Gasteiger partial charge on any atom is 0.328 e. The van der Waals surface area contributed by atoms with E-state index in [9.17, 15) is 9.59 Å². The molecule has 3 aromatic rings. The summed E-state index contributed by atoms with van der Waals surface area (Å²) in [5, 5.41) is 0. The van der Waals surface area contributed by atoms with Crippen molar-refractivity contribution in [3.05, 3.63) is 64.1 Å². The molecular formula is C19H21N3O2. The number of imidazole rings is 1. The van der Waals surface area contributed by atoms with Gasteiger partial charge in [-0.1, -0.05) is 12.1 Å². The molecule has 0 spiro atoms. The van der Waals surface area contributed by atoms with Crippen molar-refractivity contribution < 1.29 is 4.79 Å². The summed E-state index contributed by atoms with van der Waals surface area (Å²) in [5.74, 6) is -0.0682. The Balaban J connectivity index is 2.07. The SMILES string of the molecule is CCN(C(=O)c1ccc2c(c1)n(C)c(=O)n2C)c1cccc(C)c1. The van der Waals surface area contributed by atoms with Crippen LogP contribution in [-0.4, -0.2) is 21.6 Å². The van der Waals surface area contributed by atoms with E-state index in [-0.39, 0.29) is 11.6 Å². The van der Waals surface area contributed by atoms with Gasteiger partial charge < -0.3 is 4.90 Å². The van der Waals surface area contributed by atoms with Crippen LogP contribution in [0.3, 0.4) is 0 Å². The zero-order chi connectivity index (χ0) is 17.4. The smallest absolute Gasteiger partial charge is 0.309 e. The Labute approximate surface area is 140 Å². The first-order valence-electron chi connectivity index (χ1n) is 7.98. The number of benzene rings is 2. The highest BCUT2D eigenvalue weighted by Gasteiger charge is 2.18. The second kappa shape index (κ2) is 6.00. The van der Waals surface area contributed by atoms with Crippen molar-refractivity contribution in [2.45, 2.75) is 13.8 Å². The molecule has 0 fully saturated rings. The normalized spacial score (nSPS) is 11.0. The lowest BCUT2D eigenvalue weighted by Crippen LogP contribution is -2.30. The summed E-state index contributed by atoms with van der Waals surface area (Å²) >= 11 is 0. The van der Waals surface area contributed by atoms with Gasteiger partial charge in [0, 0.05) is 31.9 Å². The minimum atomic E-state index is -0.0966. The van der Waals surface area contributed by atoms with Crippen LogP contribution in [0, 0.1) is 6.92 Å². The molecule has 1 aromatic heterocycles. The number of carbonyl (C=O) groups excluding carboxylic acids is 1. The van der Waals surface area contributed by atoms with Gasteiger partial charge in [0.25, 0.3) is 5.91 Å². The second-order valence-electron chi connectivity index (χ2n) is 5.99. The molecule has 0 N–H and O–H groups in total. The first-order chi connectivity index (χ1) is 11.4. The third-order valence-corrected chi connectivity index (χ3v) is 4.39. The Morgan fingerprint density at radius 1 is 1.04 bits per heavy atom. The van der Waals surface area contributed by atoms with Crippen molar-refractivity contribution in [2.24, 2.45) is 14.1 Å². The predicted molar refractivity (Wildman–Crippen MR) is 96.7 cm³/mol. The quantitative estimate of drug-likeness (QED) is 0.744. The second-order valence-corrected chi connectivity index (χ2v) is 5.99. The summed E-state index contributed by atoms with van der Waals surface area (Å²) in [7, 11) is 3.45. The minimum Gasteiger partial charge on any atom is -0.309 e. The van der Waals surface area contributed by atoms with Gasteiger partial charge in [-0.05, 0) is 49.7 Å². The van der Waals surface area contributed by atoms with E-state index in [4.69, 9.17) is 0 Å². The van der Waals surface area contributed by atoms with Crippen LogP contribution in [0.5, 0.6) is 0 Å². The Kier molecular flexibility index (Phi) is 4.01. The highest BCUT2D eigenvalue weighted by molar-refractivity contribution is 6.07. The van der Waals surface area contributed by atoms with Crippen molar-refractivity contribution in [2.75, 3.05) is 11.4 Å². The zero-order valence-corrected chi connectivity index (χ0v) is 14.4. The number of aryl methyl sites for hydroxylation is 3. The van der Waals surface area contributed by atoms with E-state index in [1.807, 2.05) is 44.2 Å². The van der Waals surface area contributed by atoms with E-state index in [1.165, 1.54) is 0 Å². The summed E-state index contributed by atoms with van der Waals surface area (Å²) in [6, 6.07) is 13.3. The van der Waals surface area contributed by atoms with Gasteiger partial charge in [0.2, 0.25) is 0 Å². The van der Waals surface area contributed by atoms with Crippen molar-refractivity contribution >= 4 is 22.6 Å². The van der Waals surface area contributed by atoms with Crippen molar-refractivity contribution in [3.63, 3.8) is 0 Å². The molecule has 0 atom stereocenters. The van der Waals surface area contributed by atoms with Crippen LogP contribution in [0.1, 0.15) is 22.8 Å². The predicted octanol–water partition coefficient (Wildman–Crippen LogP) is 2.85.